The zero-order chi connectivity index (χ0) is 15.5. The van der Waals surface area contributed by atoms with E-state index in [2.05, 4.69) is 56.0 Å². The van der Waals surface area contributed by atoms with Crippen LogP contribution in [0.3, 0.4) is 0 Å². The minimum absolute atomic E-state index is 0.0416. The van der Waals surface area contributed by atoms with Crippen molar-refractivity contribution in [1.82, 2.24) is 10.3 Å². The summed E-state index contributed by atoms with van der Waals surface area (Å²) in [7, 11) is 0. The van der Waals surface area contributed by atoms with E-state index >= 15 is 0 Å². The quantitative estimate of drug-likeness (QED) is 0.814. The number of rotatable bonds is 6. The summed E-state index contributed by atoms with van der Waals surface area (Å²) in [5, 5.41) is 3.58. The molecule has 0 saturated heterocycles. The fourth-order valence-electron chi connectivity index (χ4n) is 2.23. The smallest absolute Gasteiger partial charge is 0.129 e. The van der Waals surface area contributed by atoms with Crippen molar-refractivity contribution in [2.75, 3.05) is 18.0 Å². The first kappa shape index (κ1) is 15.9. The van der Waals surface area contributed by atoms with Crippen LogP contribution < -0.4 is 10.2 Å². The van der Waals surface area contributed by atoms with E-state index < -0.39 is 0 Å². The van der Waals surface area contributed by atoms with Crippen molar-refractivity contribution in [3.63, 3.8) is 0 Å². The molecular formula is C18H27N3. The van der Waals surface area contributed by atoms with Crippen molar-refractivity contribution in [1.29, 1.82) is 0 Å². The first-order valence-corrected chi connectivity index (χ1v) is 7.87. The Morgan fingerprint density at radius 3 is 2.62 bits per heavy atom. The molecule has 1 aromatic heterocycles. The first-order chi connectivity index (χ1) is 9.94. The molecule has 0 atom stereocenters. The standard InChI is InChI=1S/C18H27N3/c1-6-10-21(7-2)17-12-14(13-19-15-8-9-15)11-16(20-17)18(3,4)5/h1,11-12,15,19H,7-10,13H2,2-5H3. The maximum absolute atomic E-state index is 5.48. The molecule has 0 spiro atoms. The fourth-order valence-corrected chi connectivity index (χ4v) is 2.23. The molecule has 114 valence electrons. The van der Waals surface area contributed by atoms with Gasteiger partial charge in [0, 0.05) is 30.2 Å². The Kier molecular flexibility index (Phi) is 4.90. The van der Waals surface area contributed by atoms with Gasteiger partial charge >= 0.3 is 0 Å². The molecule has 1 aromatic rings. The van der Waals surface area contributed by atoms with Gasteiger partial charge in [0.05, 0.1) is 6.54 Å². The summed E-state index contributed by atoms with van der Waals surface area (Å²) >= 11 is 0. The molecule has 1 N–H and O–H groups in total. The fraction of sp³-hybridized carbons (Fsp3) is 0.611. The van der Waals surface area contributed by atoms with Crippen LogP contribution in [-0.4, -0.2) is 24.1 Å². The monoisotopic (exact) mass is 285 g/mol. The van der Waals surface area contributed by atoms with Crippen molar-refractivity contribution in [3.8, 4) is 12.3 Å². The average Bonchev–Trinajstić information content (AvgIpc) is 3.25. The maximum Gasteiger partial charge on any atom is 0.129 e. The van der Waals surface area contributed by atoms with E-state index in [1.807, 2.05) is 0 Å². The van der Waals surface area contributed by atoms with Gasteiger partial charge in [0.25, 0.3) is 0 Å². The molecule has 1 saturated carbocycles. The molecule has 3 heteroatoms. The predicted octanol–water partition coefficient (Wildman–Crippen LogP) is 3.09. The van der Waals surface area contributed by atoms with Crippen LogP contribution in [-0.2, 0) is 12.0 Å². The van der Waals surface area contributed by atoms with E-state index in [-0.39, 0.29) is 5.41 Å². The third kappa shape index (κ3) is 4.47. The SMILES string of the molecule is C#CCN(CC)c1cc(CNC2CC2)cc(C(C)(C)C)n1. The highest BCUT2D eigenvalue weighted by atomic mass is 15.2. The van der Waals surface area contributed by atoms with E-state index in [0.29, 0.717) is 12.6 Å². The van der Waals surface area contributed by atoms with Crippen molar-refractivity contribution < 1.29 is 0 Å². The van der Waals surface area contributed by atoms with Gasteiger partial charge in [-0.1, -0.05) is 26.7 Å². The van der Waals surface area contributed by atoms with Gasteiger partial charge in [0.15, 0.2) is 0 Å². The van der Waals surface area contributed by atoms with Crippen LogP contribution in [0.25, 0.3) is 0 Å². The Labute approximate surface area is 129 Å². The normalized spacial score (nSPS) is 14.8. The Hall–Kier alpha value is -1.53. The van der Waals surface area contributed by atoms with E-state index in [1.165, 1.54) is 18.4 Å². The minimum Gasteiger partial charge on any atom is -0.346 e. The maximum atomic E-state index is 5.48. The molecule has 3 nitrogen and oxygen atoms in total. The molecule has 1 heterocycles. The van der Waals surface area contributed by atoms with Crippen LogP contribution in [0.5, 0.6) is 0 Å². The third-order valence-corrected chi connectivity index (χ3v) is 3.80. The number of hydrogen-bond donors (Lipinski definition) is 1. The second-order valence-electron chi connectivity index (χ2n) is 6.84. The molecule has 1 aliphatic rings. The highest BCUT2D eigenvalue weighted by molar-refractivity contribution is 5.45. The average molecular weight is 285 g/mol. The van der Waals surface area contributed by atoms with Gasteiger partial charge in [-0.25, -0.2) is 4.98 Å². The van der Waals surface area contributed by atoms with Crippen LogP contribution >= 0.6 is 0 Å². The molecule has 0 radical (unpaired) electrons. The number of nitrogens with one attached hydrogen (secondary N) is 1. The molecule has 1 aliphatic carbocycles. The van der Waals surface area contributed by atoms with Gasteiger partial charge in [0.1, 0.15) is 5.82 Å². The lowest BCUT2D eigenvalue weighted by atomic mass is 9.90. The highest BCUT2D eigenvalue weighted by Gasteiger charge is 2.22. The van der Waals surface area contributed by atoms with Gasteiger partial charge in [-0.3, -0.25) is 0 Å². The molecule has 0 unspecified atom stereocenters. The summed E-state index contributed by atoms with van der Waals surface area (Å²) in [6.07, 6.45) is 8.09. The Morgan fingerprint density at radius 2 is 2.10 bits per heavy atom. The highest BCUT2D eigenvalue weighted by Crippen LogP contribution is 2.26. The lowest BCUT2D eigenvalue weighted by molar-refractivity contribution is 0.565. The second-order valence-corrected chi connectivity index (χ2v) is 6.84. The third-order valence-electron chi connectivity index (χ3n) is 3.80. The number of aromatic nitrogens is 1. The molecule has 2 rings (SSSR count). The Bertz CT molecular complexity index is 518. The summed E-state index contributed by atoms with van der Waals surface area (Å²) < 4.78 is 0. The summed E-state index contributed by atoms with van der Waals surface area (Å²) in [5.41, 5.74) is 2.47. The molecule has 21 heavy (non-hydrogen) atoms. The van der Waals surface area contributed by atoms with Gasteiger partial charge in [-0.15, -0.1) is 6.42 Å². The second kappa shape index (κ2) is 6.49. The van der Waals surface area contributed by atoms with Gasteiger partial charge in [0.2, 0.25) is 0 Å². The minimum atomic E-state index is 0.0416. The van der Waals surface area contributed by atoms with Crippen molar-refractivity contribution in [2.24, 2.45) is 0 Å². The van der Waals surface area contributed by atoms with E-state index in [1.54, 1.807) is 0 Å². The zero-order valence-corrected chi connectivity index (χ0v) is 13.7. The van der Waals surface area contributed by atoms with E-state index in [4.69, 9.17) is 11.4 Å². The summed E-state index contributed by atoms with van der Waals surface area (Å²) in [6, 6.07) is 5.11. The molecule has 0 bridgehead atoms. The van der Waals surface area contributed by atoms with Crippen LogP contribution in [0, 0.1) is 12.3 Å². The number of hydrogen-bond acceptors (Lipinski definition) is 3. The van der Waals surface area contributed by atoms with E-state index in [0.717, 1.165) is 24.6 Å². The first-order valence-electron chi connectivity index (χ1n) is 7.87. The number of terminal acetylenes is 1. The van der Waals surface area contributed by atoms with Crippen molar-refractivity contribution >= 4 is 5.82 Å². The van der Waals surface area contributed by atoms with Crippen LogP contribution in [0.2, 0.25) is 0 Å². The Morgan fingerprint density at radius 1 is 1.38 bits per heavy atom. The number of anilines is 1. The van der Waals surface area contributed by atoms with Crippen LogP contribution in [0.15, 0.2) is 12.1 Å². The molecule has 1 fully saturated rings. The van der Waals surface area contributed by atoms with Gasteiger partial charge in [-0.2, -0.15) is 0 Å². The summed E-state index contributed by atoms with van der Waals surface area (Å²) in [4.78, 5) is 6.99. The summed E-state index contributed by atoms with van der Waals surface area (Å²) in [5.74, 6) is 3.72. The number of nitrogens with zero attached hydrogens (tertiary/aromatic N) is 2. The van der Waals surface area contributed by atoms with Crippen molar-refractivity contribution in [3.05, 3.63) is 23.4 Å². The largest absolute Gasteiger partial charge is 0.346 e. The lowest BCUT2D eigenvalue weighted by Crippen LogP contribution is -2.26. The number of pyridine rings is 1. The zero-order valence-electron chi connectivity index (χ0n) is 13.7. The summed E-state index contributed by atoms with van der Waals surface area (Å²) in [6.45, 7) is 11.1. The van der Waals surface area contributed by atoms with Crippen LogP contribution in [0.4, 0.5) is 5.82 Å². The molecule has 0 amide bonds. The van der Waals surface area contributed by atoms with Crippen LogP contribution in [0.1, 0.15) is 51.8 Å². The molecule has 0 aromatic carbocycles. The molecule has 0 aliphatic heterocycles. The predicted molar refractivity (Wildman–Crippen MR) is 89.5 cm³/mol. The lowest BCUT2D eigenvalue weighted by Gasteiger charge is -2.25. The van der Waals surface area contributed by atoms with Gasteiger partial charge < -0.3 is 10.2 Å². The Balaban J connectivity index is 2.28. The van der Waals surface area contributed by atoms with Crippen molar-refractivity contribution in [2.45, 2.75) is 58.5 Å². The van der Waals surface area contributed by atoms with E-state index in [9.17, 15) is 0 Å². The topological polar surface area (TPSA) is 28.2 Å². The molecular weight excluding hydrogens is 258 g/mol. The van der Waals surface area contributed by atoms with Gasteiger partial charge in [-0.05, 0) is 37.5 Å².